The number of phenolic OH excluding ortho intramolecular Hbond substituents is 1. The molecule has 2 saturated heterocycles. The number of nitrogens with zero attached hydrogens (tertiary/aromatic N) is 3. The number of benzene rings is 1. The molecule has 2 unspecified atom stereocenters. The van der Waals surface area contributed by atoms with Crippen molar-refractivity contribution in [2.24, 2.45) is 11.8 Å². The largest absolute Gasteiger partial charge is 0.508 e. The summed E-state index contributed by atoms with van der Waals surface area (Å²) in [7, 11) is 0. The van der Waals surface area contributed by atoms with Gasteiger partial charge in [-0.15, -0.1) is 0 Å². The number of phenols is 1. The van der Waals surface area contributed by atoms with Crippen molar-refractivity contribution in [3.63, 3.8) is 0 Å². The average molecular weight is 428 g/mol. The Morgan fingerprint density at radius 3 is 2.26 bits per heavy atom. The third kappa shape index (κ3) is 4.71. The highest BCUT2D eigenvalue weighted by atomic mass is 16.5. The summed E-state index contributed by atoms with van der Waals surface area (Å²) in [6.07, 6.45) is 6.33. The lowest BCUT2D eigenvalue weighted by Gasteiger charge is -2.37. The lowest BCUT2D eigenvalue weighted by molar-refractivity contribution is -0.140. The number of fused-ring (bicyclic) bond motifs is 1. The number of carbonyl (C=O) groups excluding carboxylic acids is 2. The number of piperazine rings is 1. The molecule has 7 nitrogen and oxygen atoms in total. The molecule has 2 heterocycles. The number of hydrogen-bond acceptors (Lipinski definition) is 6. The Hall–Kier alpha value is -2.54. The number of likely N-dealkylation sites (tertiary alicyclic amines) is 1. The van der Waals surface area contributed by atoms with Crippen LogP contribution in [0, 0.1) is 11.8 Å². The van der Waals surface area contributed by atoms with Crippen LogP contribution in [-0.4, -0.2) is 72.1 Å². The second kappa shape index (κ2) is 9.30. The van der Waals surface area contributed by atoms with Crippen molar-refractivity contribution in [2.75, 3.05) is 44.2 Å². The Kier molecular flexibility index (Phi) is 6.51. The van der Waals surface area contributed by atoms with Crippen molar-refractivity contribution >= 4 is 17.5 Å². The second-order valence-electron chi connectivity index (χ2n) is 8.98. The van der Waals surface area contributed by atoms with Crippen LogP contribution in [0.5, 0.6) is 11.5 Å². The van der Waals surface area contributed by atoms with Gasteiger partial charge in [0.1, 0.15) is 11.5 Å². The molecule has 0 radical (unpaired) electrons. The van der Waals surface area contributed by atoms with Crippen molar-refractivity contribution in [1.29, 1.82) is 0 Å². The van der Waals surface area contributed by atoms with Crippen LogP contribution in [0.15, 0.2) is 30.4 Å². The first-order chi connectivity index (χ1) is 14.9. The molecule has 0 aromatic heterocycles. The van der Waals surface area contributed by atoms with Crippen molar-refractivity contribution in [3.8, 4) is 11.5 Å². The van der Waals surface area contributed by atoms with Crippen molar-refractivity contribution < 1.29 is 19.4 Å². The number of hydrogen-bond donors (Lipinski definition) is 1. The van der Waals surface area contributed by atoms with Crippen LogP contribution in [-0.2, 0) is 9.59 Å². The molecule has 1 aromatic carbocycles. The third-order valence-corrected chi connectivity index (χ3v) is 6.47. The maximum atomic E-state index is 12.6. The quantitative estimate of drug-likeness (QED) is 0.533. The number of imide groups is 1. The molecule has 1 aliphatic carbocycles. The summed E-state index contributed by atoms with van der Waals surface area (Å²) < 4.78 is 5.92. The van der Waals surface area contributed by atoms with E-state index in [-0.39, 0.29) is 35.5 Å². The van der Waals surface area contributed by atoms with Gasteiger partial charge < -0.3 is 14.7 Å². The van der Waals surface area contributed by atoms with Crippen LogP contribution in [0.4, 0.5) is 5.69 Å². The molecule has 31 heavy (non-hydrogen) atoms. The molecule has 2 fully saturated rings. The highest BCUT2D eigenvalue weighted by molar-refractivity contribution is 6.05. The average Bonchev–Trinajstić information content (AvgIpc) is 3.00. The summed E-state index contributed by atoms with van der Waals surface area (Å²) in [6.45, 7) is 8.86. The Morgan fingerprint density at radius 2 is 1.65 bits per heavy atom. The summed E-state index contributed by atoms with van der Waals surface area (Å²) in [5, 5.41) is 9.94. The summed E-state index contributed by atoms with van der Waals surface area (Å²) in [6, 6.07) is 5.26. The monoisotopic (exact) mass is 427 g/mol. The molecule has 7 heteroatoms. The van der Waals surface area contributed by atoms with Crippen LogP contribution in [0.1, 0.15) is 33.1 Å². The van der Waals surface area contributed by atoms with Crippen LogP contribution in [0.3, 0.4) is 0 Å². The molecule has 168 valence electrons. The van der Waals surface area contributed by atoms with Gasteiger partial charge >= 0.3 is 0 Å². The van der Waals surface area contributed by atoms with E-state index in [1.807, 2.05) is 32.1 Å². The van der Waals surface area contributed by atoms with Gasteiger partial charge in [-0.1, -0.05) is 12.2 Å². The molecule has 1 aromatic rings. The summed E-state index contributed by atoms with van der Waals surface area (Å²) in [4.78, 5) is 31.3. The van der Waals surface area contributed by atoms with Gasteiger partial charge in [-0.05, 0) is 51.8 Å². The number of aromatic hydroxyl groups is 1. The van der Waals surface area contributed by atoms with Crippen molar-refractivity contribution in [2.45, 2.75) is 39.2 Å². The molecular formula is C24H33N3O4. The highest BCUT2D eigenvalue weighted by Gasteiger charge is 2.46. The molecule has 2 atom stereocenters. The first kappa shape index (κ1) is 21.7. The van der Waals surface area contributed by atoms with Crippen LogP contribution in [0.25, 0.3) is 0 Å². The van der Waals surface area contributed by atoms with Gasteiger partial charge in [0.2, 0.25) is 11.8 Å². The van der Waals surface area contributed by atoms with Gasteiger partial charge in [0, 0.05) is 38.8 Å². The van der Waals surface area contributed by atoms with Crippen LogP contribution >= 0.6 is 0 Å². The summed E-state index contributed by atoms with van der Waals surface area (Å²) >= 11 is 0. The number of ether oxygens (including phenoxy) is 1. The fourth-order valence-corrected chi connectivity index (χ4v) is 4.86. The topological polar surface area (TPSA) is 73.3 Å². The van der Waals surface area contributed by atoms with E-state index in [1.165, 1.54) is 4.90 Å². The third-order valence-electron chi connectivity index (χ3n) is 6.47. The molecule has 1 N–H and O–H groups in total. The molecule has 0 saturated carbocycles. The van der Waals surface area contributed by atoms with Gasteiger partial charge in [-0.2, -0.15) is 0 Å². The van der Waals surface area contributed by atoms with E-state index in [2.05, 4.69) is 9.80 Å². The molecule has 4 rings (SSSR count). The number of anilines is 1. The zero-order valence-electron chi connectivity index (χ0n) is 18.5. The van der Waals surface area contributed by atoms with E-state index >= 15 is 0 Å². The molecule has 2 amide bonds. The SMILES string of the molecule is CC(C)Oc1ccc(O)cc1N1CCN(CCCN2C(=O)C3CC=CCC3C2=O)CC1. The zero-order valence-corrected chi connectivity index (χ0v) is 18.5. The highest BCUT2D eigenvalue weighted by Crippen LogP contribution is 2.35. The molecule has 0 bridgehead atoms. The number of rotatable bonds is 7. The maximum Gasteiger partial charge on any atom is 0.233 e. The number of carbonyl (C=O) groups is 2. The summed E-state index contributed by atoms with van der Waals surface area (Å²) in [5.74, 6) is 0.806. The lowest BCUT2D eigenvalue weighted by atomic mass is 9.85. The van der Waals surface area contributed by atoms with Crippen LogP contribution < -0.4 is 9.64 Å². The number of allylic oxidation sites excluding steroid dienone is 2. The van der Waals surface area contributed by atoms with E-state index in [1.54, 1.807) is 12.1 Å². The van der Waals surface area contributed by atoms with Crippen molar-refractivity contribution in [1.82, 2.24) is 9.80 Å². The fraction of sp³-hybridized carbons (Fsp3) is 0.583. The van der Waals surface area contributed by atoms with Gasteiger partial charge in [0.05, 0.1) is 23.6 Å². The molecular weight excluding hydrogens is 394 g/mol. The van der Waals surface area contributed by atoms with E-state index in [0.29, 0.717) is 19.4 Å². The van der Waals surface area contributed by atoms with E-state index in [0.717, 1.165) is 50.6 Å². The van der Waals surface area contributed by atoms with Crippen LogP contribution in [0.2, 0.25) is 0 Å². The zero-order chi connectivity index (χ0) is 22.0. The second-order valence-corrected chi connectivity index (χ2v) is 8.98. The maximum absolute atomic E-state index is 12.6. The molecule has 0 spiro atoms. The van der Waals surface area contributed by atoms with E-state index < -0.39 is 0 Å². The predicted molar refractivity (Wildman–Crippen MR) is 119 cm³/mol. The minimum Gasteiger partial charge on any atom is -0.508 e. The van der Waals surface area contributed by atoms with Gasteiger partial charge in [-0.3, -0.25) is 19.4 Å². The smallest absolute Gasteiger partial charge is 0.233 e. The van der Waals surface area contributed by atoms with Gasteiger partial charge in [-0.25, -0.2) is 0 Å². The minimum absolute atomic E-state index is 0.0192. The predicted octanol–water partition coefficient (Wildman–Crippen LogP) is 2.64. The first-order valence-corrected chi connectivity index (χ1v) is 11.4. The summed E-state index contributed by atoms with van der Waals surface area (Å²) in [5.41, 5.74) is 0.929. The van der Waals surface area contributed by atoms with Gasteiger partial charge in [0.25, 0.3) is 0 Å². The van der Waals surface area contributed by atoms with E-state index in [4.69, 9.17) is 4.74 Å². The fourth-order valence-electron chi connectivity index (χ4n) is 4.86. The lowest BCUT2D eigenvalue weighted by Crippen LogP contribution is -2.47. The Bertz CT molecular complexity index is 819. The molecule has 2 aliphatic heterocycles. The Balaban J connectivity index is 1.26. The van der Waals surface area contributed by atoms with Crippen molar-refractivity contribution in [3.05, 3.63) is 30.4 Å². The number of amides is 2. The standard InChI is InChI=1S/C24H33N3O4/c1-17(2)31-22-9-8-18(28)16-21(22)26-14-12-25(13-15-26)10-5-11-27-23(29)19-6-3-4-7-20(19)24(27)30/h3-4,8-9,16-17,19-20,28H,5-7,10-15H2,1-2H3. The van der Waals surface area contributed by atoms with E-state index in [9.17, 15) is 14.7 Å². The molecule has 3 aliphatic rings. The minimum atomic E-state index is -0.134. The first-order valence-electron chi connectivity index (χ1n) is 11.4. The Morgan fingerprint density at radius 1 is 1.00 bits per heavy atom. The Labute approximate surface area is 184 Å². The van der Waals surface area contributed by atoms with Gasteiger partial charge in [0.15, 0.2) is 0 Å². The normalized spacial score (nSPS) is 24.2.